The third kappa shape index (κ3) is 1.97. The SMILES string of the molecule is C/[C]=C(C)/C(C)=[C]/C. The van der Waals surface area contributed by atoms with Crippen LogP contribution in [0.4, 0.5) is 0 Å². The average molecular weight is 108 g/mol. The zero-order valence-corrected chi connectivity index (χ0v) is 6.00. The first-order valence-electron chi connectivity index (χ1n) is 2.75. The Kier molecular flexibility index (Phi) is 3.25. The number of rotatable bonds is 1. The molecule has 0 aromatic rings. The van der Waals surface area contributed by atoms with Gasteiger partial charge in [-0.1, -0.05) is 0 Å². The fraction of sp³-hybridized carbons (Fsp3) is 0.500. The molecule has 0 atom stereocenters. The smallest absolute Gasteiger partial charge is 0.0392 e. The Labute approximate surface area is 51.9 Å². The lowest BCUT2D eigenvalue weighted by molar-refractivity contribution is 1.27. The van der Waals surface area contributed by atoms with Gasteiger partial charge < -0.3 is 0 Å². The highest BCUT2D eigenvalue weighted by Crippen LogP contribution is 2.04. The molecule has 0 aliphatic rings. The summed E-state index contributed by atoms with van der Waals surface area (Å²) in [4.78, 5) is 0. The Hall–Kier alpha value is -0.520. The molecule has 0 bridgehead atoms. The van der Waals surface area contributed by atoms with E-state index in [9.17, 15) is 0 Å². The summed E-state index contributed by atoms with van der Waals surface area (Å²) >= 11 is 0. The molecular formula is C8H12. The van der Waals surface area contributed by atoms with E-state index in [2.05, 4.69) is 12.2 Å². The van der Waals surface area contributed by atoms with E-state index in [1.807, 2.05) is 27.7 Å². The molecule has 0 spiro atoms. The van der Waals surface area contributed by atoms with Gasteiger partial charge in [-0.3, -0.25) is 0 Å². The van der Waals surface area contributed by atoms with Crippen molar-refractivity contribution in [2.45, 2.75) is 27.7 Å². The minimum Gasteiger partial charge on any atom is -0.0447 e. The minimum absolute atomic E-state index is 1.19. The molecule has 0 amide bonds. The fourth-order valence-corrected chi connectivity index (χ4v) is 0.375. The van der Waals surface area contributed by atoms with Crippen molar-refractivity contribution in [1.82, 2.24) is 0 Å². The third-order valence-electron chi connectivity index (χ3n) is 1.31. The second kappa shape index (κ2) is 3.48. The predicted octanol–water partition coefficient (Wildman–Crippen LogP) is 2.53. The monoisotopic (exact) mass is 108 g/mol. The fourth-order valence-electron chi connectivity index (χ4n) is 0.375. The van der Waals surface area contributed by atoms with Gasteiger partial charge in [0.25, 0.3) is 0 Å². The molecule has 0 aliphatic carbocycles. The van der Waals surface area contributed by atoms with Crippen LogP contribution in [0.3, 0.4) is 0 Å². The van der Waals surface area contributed by atoms with Gasteiger partial charge in [-0.2, -0.15) is 0 Å². The van der Waals surface area contributed by atoms with Crippen molar-refractivity contribution < 1.29 is 0 Å². The molecule has 0 heteroatoms. The van der Waals surface area contributed by atoms with Crippen LogP contribution < -0.4 is 0 Å². The topological polar surface area (TPSA) is 0 Å². The summed E-state index contributed by atoms with van der Waals surface area (Å²) in [5, 5.41) is 0. The summed E-state index contributed by atoms with van der Waals surface area (Å²) in [7, 11) is 0. The highest BCUT2D eigenvalue weighted by molar-refractivity contribution is 5.20. The van der Waals surface area contributed by atoms with Gasteiger partial charge >= 0.3 is 0 Å². The number of allylic oxidation sites excluding steroid dienone is 4. The highest BCUT2D eigenvalue weighted by Gasteiger charge is 1.85. The largest absolute Gasteiger partial charge is 0.0447 e. The van der Waals surface area contributed by atoms with Crippen LogP contribution in [0.25, 0.3) is 0 Å². The van der Waals surface area contributed by atoms with Crippen LogP contribution in [0.15, 0.2) is 11.1 Å². The lowest BCUT2D eigenvalue weighted by Gasteiger charge is -1.94. The number of hydrogen-bond acceptors (Lipinski definition) is 0. The Morgan fingerprint density at radius 1 is 0.875 bits per heavy atom. The second-order valence-corrected chi connectivity index (χ2v) is 1.75. The Balaban J connectivity index is 4.04. The van der Waals surface area contributed by atoms with Gasteiger partial charge in [-0.05, 0) is 51.0 Å². The van der Waals surface area contributed by atoms with Crippen LogP contribution in [-0.4, -0.2) is 0 Å². The van der Waals surface area contributed by atoms with Gasteiger partial charge in [0.1, 0.15) is 0 Å². The first-order valence-corrected chi connectivity index (χ1v) is 2.75. The van der Waals surface area contributed by atoms with Crippen molar-refractivity contribution in [3.63, 3.8) is 0 Å². The maximum absolute atomic E-state index is 3.03. The Morgan fingerprint density at radius 3 is 1.25 bits per heavy atom. The normalized spacial score (nSPS) is 14.5. The van der Waals surface area contributed by atoms with E-state index >= 15 is 0 Å². The van der Waals surface area contributed by atoms with Gasteiger partial charge in [0.2, 0.25) is 0 Å². The first-order chi connectivity index (χ1) is 3.72. The van der Waals surface area contributed by atoms with Crippen molar-refractivity contribution in [3.8, 4) is 0 Å². The summed E-state index contributed by atoms with van der Waals surface area (Å²) < 4.78 is 0. The van der Waals surface area contributed by atoms with Gasteiger partial charge in [0.15, 0.2) is 0 Å². The average Bonchev–Trinajstić information content (AvgIpc) is 1.84. The molecule has 0 aromatic carbocycles. The van der Waals surface area contributed by atoms with E-state index in [0.29, 0.717) is 0 Å². The molecule has 8 heavy (non-hydrogen) atoms. The predicted molar refractivity (Wildman–Crippen MR) is 36.2 cm³/mol. The summed E-state index contributed by atoms with van der Waals surface area (Å²) in [6, 6.07) is 0. The van der Waals surface area contributed by atoms with Crippen molar-refractivity contribution in [2.24, 2.45) is 0 Å². The lowest BCUT2D eigenvalue weighted by atomic mass is 10.1. The van der Waals surface area contributed by atoms with Gasteiger partial charge in [-0.15, -0.1) is 0 Å². The quantitative estimate of drug-likeness (QED) is 0.453. The van der Waals surface area contributed by atoms with E-state index in [1.165, 1.54) is 11.1 Å². The molecule has 0 heterocycles. The van der Waals surface area contributed by atoms with E-state index in [4.69, 9.17) is 0 Å². The number of hydrogen-bond donors (Lipinski definition) is 0. The van der Waals surface area contributed by atoms with Gasteiger partial charge in [-0.25, -0.2) is 0 Å². The molecule has 0 aliphatic heterocycles. The maximum Gasteiger partial charge on any atom is -0.0392 e. The molecule has 0 saturated heterocycles. The molecule has 0 fully saturated rings. The van der Waals surface area contributed by atoms with Crippen LogP contribution >= 0.6 is 0 Å². The van der Waals surface area contributed by atoms with E-state index in [0.717, 1.165) is 0 Å². The van der Waals surface area contributed by atoms with E-state index in [-0.39, 0.29) is 0 Å². The van der Waals surface area contributed by atoms with Gasteiger partial charge in [0.05, 0.1) is 0 Å². The van der Waals surface area contributed by atoms with Crippen molar-refractivity contribution in [3.05, 3.63) is 23.3 Å². The zero-order valence-electron chi connectivity index (χ0n) is 6.00. The van der Waals surface area contributed by atoms with E-state index < -0.39 is 0 Å². The Bertz CT molecular complexity index is 100. The summed E-state index contributed by atoms with van der Waals surface area (Å²) in [5.74, 6) is 0. The molecule has 44 valence electrons. The van der Waals surface area contributed by atoms with Crippen LogP contribution in [0.5, 0.6) is 0 Å². The van der Waals surface area contributed by atoms with Gasteiger partial charge in [0, 0.05) is 0 Å². The molecule has 2 radical (unpaired) electrons. The van der Waals surface area contributed by atoms with Crippen LogP contribution in [0.1, 0.15) is 27.7 Å². The molecule has 0 rings (SSSR count). The molecule has 0 N–H and O–H groups in total. The van der Waals surface area contributed by atoms with Crippen molar-refractivity contribution in [1.29, 1.82) is 0 Å². The minimum atomic E-state index is 1.19. The Morgan fingerprint density at radius 2 is 1.12 bits per heavy atom. The van der Waals surface area contributed by atoms with Crippen molar-refractivity contribution in [2.75, 3.05) is 0 Å². The first kappa shape index (κ1) is 7.48. The molecule has 0 saturated carbocycles. The third-order valence-corrected chi connectivity index (χ3v) is 1.31. The maximum atomic E-state index is 3.03. The van der Waals surface area contributed by atoms with E-state index in [1.54, 1.807) is 0 Å². The molecule has 0 unspecified atom stereocenters. The standard InChI is InChI=1S/C8H12/c1-5-7(3)8(4)6-2/h1-4H3. The summed E-state index contributed by atoms with van der Waals surface area (Å²) in [6.45, 7) is 7.89. The van der Waals surface area contributed by atoms with Crippen molar-refractivity contribution >= 4 is 0 Å². The second-order valence-electron chi connectivity index (χ2n) is 1.75. The molecule has 0 aromatic heterocycles. The van der Waals surface area contributed by atoms with Crippen LogP contribution in [-0.2, 0) is 0 Å². The summed E-state index contributed by atoms with van der Waals surface area (Å²) in [5.41, 5.74) is 2.38. The lowest BCUT2D eigenvalue weighted by Crippen LogP contribution is -1.75. The molecule has 0 nitrogen and oxygen atoms in total. The molecular weight excluding hydrogens is 96.1 g/mol. The van der Waals surface area contributed by atoms with Crippen LogP contribution in [0, 0.1) is 12.2 Å². The summed E-state index contributed by atoms with van der Waals surface area (Å²) in [6.07, 6.45) is 6.07. The highest BCUT2D eigenvalue weighted by atomic mass is 13.9. The zero-order chi connectivity index (χ0) is 6.57. The van der Waals surface area contributed by atoms with Crippen LogP contribution in [0.2, 0.25) is 0 Å².